The summed E-state index contributed by atoms with van der Waals surface area (Å²) in [7, 11) is 0. The molecule has 0 spiro atoms. The van der Waals surface area contributed by atoms with Crippen molar-refractivity contribution < 1.29 is 14.7 Å². The fourth-order valence-corrected chi connectivity index (χ4v) is 0.207. The van der Waals surface area contributed by atoms with Gasteiger partial charge in [-0.3, -0.25) is 4.79 Å². The van der Waals surface area contributed by atoms with Gasteiger partial charge in [-0.1, -0.05) is 0 Å². The molecule has 2 N–H and O–H groups in total. The molecule has 4 nitrogen and oxygen atoms in total. The standard InChI is InChI=1S/C2H4INO3/c3-2(5)1-6-7-4/h1,4H2. The van der Waals surface area contributed by atoms with E-state index < -0.39 is 0 Å². The summed E-state index contributed by atoms with van der Waals surface area (Å²) in [6, 6.07) is 0. The number of hydrogen-bond acceptors (Lipinski definition) is 4. The third kappa shape index (κ3) is 6.28. The molecule has 0 aliphatic rings. The lowest BCUT2D eigenvalue weighted by molar-refractivity contribution is -0.291. The Morgan fingerprint density at radius 3 is 2.57 bits per heavy atom. The minimum absolute atomic E-state index is 0.100. The second kappa shape index (κ2) is 4.44. The van der Waals surface area contributed by atoms with Gasteiger partial charge in [-0.25, -0.2) is 4.89 Å². The van der Waals surface area contributed by atoms with E-state index >= 15 is 0 Å². The predicted octanol–water partition coefficient (Wildman–Crippen LogP) is -0.230. The first-order valence-corrected chi connectivity index (χ1v) is 2.52. The molecule has 7 heavy (non-hydrogen) atoms. The average molecular weight is 217 g/mol. The quantitative estimate of drug-likeness (QED) is 0.307. The van der Waals surface area contributed by atoms with Crippen LogP contribution in [-0.2, 0) is 14.7 Å². The van der Waals surface area contributed by atoms with Crippen molar-refractivity contribution in [3.8, 4) is 0 Å². The van der Waals surface area contributed by atoms with E-state index in [1.807, 2.05) is 0 Å². The summed E-state index contributed by atoms with van der Waals surface area (Å²) >= 11 is 1.57. The number of carbonyl (C=O) groups is 1. The Labute approximate surface area is 54.0 Å². The largest absolute Gasteiger partial charge is 0.285 e. The average Bonchev–Trinajstić information content (AvgIpc) is 1.61. The van der Waals surface area contributed by atoms with Crippen LogP contribution in [-0.4, -0.2) is 10.4 Å². The Morgan fingerprint density at radius 2 is 2.43 bits per heavy atom. The third-order valence-corrected chi connectivity index (χ3v) is 0.552. The van der Waals surface area contributed by atoms with E-state index in [0.717, 1.165) is 0 Å². The van der Waals surface area contributed by atoms with E-state index in [1.165, 1.54) is 0 Å². The maximum Gasteiger partial charge on any atom is 0.221 e. The molecule has 0 saturated carbocycles. The van der Waals surface area contributed by atoms with Crippen molar-refractivity contribution >= 4 is 26.4 Å². The van der Waals surface area contributed by atoms with E-state index in [1.54, 1.807) is 22.6 Å². The zero-order valence-electron chi connectivity index (χ0n) is 3.39. The van der Waals surface area contributed by atoms with E-state index in [0.29, 0.717) is 0 Å². The molecule has 0 amide bonds. The van der Waals surface area contributed by atoms with Gasteiger partial charge in [0.05, 0.1) is 0 Å². The van der Waals surface area contributed by atoms with Crippen molar-refractivity contribution in [3.05, 3.63) is 0 Å². The molecule has 0 aliphatic heterocycles. The maximum absolute atomic E-state index is 9.93. The monoisotopic (exact) mass is 217 g/mol. The van der Waals surface area contributed by atoms with Gasteiger partial charge in [0.15, 0.2) is 6.61 Å². The van der Waals surface area contributed by atoms with Crippen LogP contribution in [0.2, 0.25) is 0 Å². The lowest BCUT2D eigenvalue weighted by Crippen LogP contribution is -2.05. The van der Waals surface area contributed by atoms with Gasteiger partial charge < -0.3 is 0 Å². The fraction of sp³-hybridized carbons (Fsp3) is 0.500. The summed E-state index contributed by atoms with van der Waals surface area (Å²) < 4.78 is -0.150. The molecule has 0 aliphatic carbocycles. The van der Waals surface area contributed by atoms with Gasteiger partial charge in [0.25, 0.3) is 0 Å². The van der Waals surface area contributed by atoms with Crippen LogP contribution in [0.3, 0.4) is 0 Å². The van der Waals surface area contributed by atoms with Crippen LogP contribution in [0.1, 0.15) is 0 Å². The van der Waals surface area contributed by atoms with Crippen molar-refractivity contribution in [2.24, 2.45) is 5.90 Å². The highest BCUT2D eigenvalue weighted by Crippen LogP contribution is 1.84. The van der Waals surface area contributed by atoms with Crippen LogP contribution in [0.4, 0.5) is 0 Å². The van der Waals surface area contributed by atoms with Gasteiger partial charge in [-0.05, 0) is 0 Å². The Bertz CT molecular complexity index is 66.0. The highest BCUT2D eigenvalue weighted by Gasteiger charge is 1.91. The topological polar surface area (TPSA) is 61.6 Å². The number of hydrogen-bond donors (Lipinski definition) is 1. The molecular formula is C2H4INO3. The van der Waals surface area contributed by atoms with Crippen molar-refractivity contribution in [1.29, 1.82) is 0 Å². The first kappa shape index (κ1) is 7.28. The SMILES string of the molecule is NOOCC(=O)I. The summed E-state index contributed by atoms with van der Waals surface area (Å²) in [6.45, 7) is -0.100. The fourth-order valence-electron chi connectivity index (χ4n) is 0.0803. The van der Waals surface area contributed by atoms with Crippen LogP contribution < -0.4 is 5.90 Å². The molecule has 0 heterocycles. The molecule has 42 valence electrons. The van der Waals surface area contributed by atoms with Gasteiger partial charge in [0, 0.05) is 22.6 Å². The zero-order chi connectivity index (χ0) is 5.70. The summed E-state index contributed by atoms with van der Waals surface area (Å²) in [5.41, 5.74) is 0. The predicted molar refractivity (Wildman–Crippen MR) is 30.3 cm³/mol. The summed E-state index contributed by atoms with van der Waals surface area (Å²) in [5.74, 6) is 4.40. The molecule has 0 unspecified atom stereocenters. The lowest BCUT2D eigenvalue weighted by Gasteiger charge is -1.88. The highest BCUT2D eigenvalue weighted by atomic mass is 127. The Morgan fingerprint density at radius 1 is 1.86 bits per heavy atom. The summed E-state index contributed by atoms with van der Waals surface area (Å²) in [4.78, 5) is 17.6. The number of carbonyl (C=O) groups excluding carboxylic acids is 1. The first-order chi connectivity index (χ1) is 3.27. The minimum atomic E-state index is -0.150. The molecule has 0 aromatic heterocycles. The van der Waals surface area contributed by atoms with Crippen LogP contribution in [0.5, 0.6) is 0 Å². The van der Waals surface area contributed by atoms with Crippen molar-refractivity contribution in [3.63, 3.8) is 0 Å². The molecular weight excluding hydrogens is 213 g/mol. The van der Waals surface area contributed by atoms with Crippen molar-refractivity contribution in [2.45, 2.75) is 0 Å². The number of halogens is 1. The van der Waals surface area contributed by atoms with Gasteiger partial charge in [-0.2, -0.15) is 5.90 Å². The smallest absolute Gasteiger partial charge is 0.221 e. The Hall–Kier alpha value is 0.280. The normalized spacial score (nSPS) is 8.86. The second-order valence-corrected chi connectivity index (χ2v) is 1.92. The molecule has 0 fully saturated rings. The lowest BCUT2D eigenvalue weighted by atomic mass is 10.9. The van der Waals surface area contributed by atoms with Crippen LogP contribution >= 0.6 is 22.6 Å². The van der Waals surface area contributed by atoms with Crippen molar-refractivity contribution in [2.75, 3.05) is 6.61 Å². The molecule has 0 bridgehead atoms. The maximum atomic E-state index is 9.93. The third-order valence-electron chi connectivity index (χ3n) is 0.240. The molecule has 0 aromatic rings. The van der Waals surface area contributed by atoms with Gasteiger partial charge in [-0.15, -0.1) is 4.99 Å². The van der Waals surface area contributed by atoms with E-state index in [2.05, 4.69) is 15.8 Å². The van der Waals surface area contributed by atoms with Crippen molar-refractivity contribution in [1.82, 2.24) is 0 Å². The minimum Gasteiger partial charge on any atom is -0.285 e. The summed E-state index contributed by atoms with van der Waals surface area (Å²) in [5, 5.41) is 0. The van der Waals surface area contributed by atoms with Gasteiger partial charge in [0.2, 0.25) is 3.79 Å². The van der Waals surface area contributed by atoms with E-state index in [9.17, 15) is 4.79 Å². The second-order valence-electron chi connectivity index (χ2n) is 0.714. The van der Waals surface area contributed by atoms with E-state index in [-0.39, 0.29) is 10.4 Å². The molecule has 0 aromatic carbocycles. The molecule has 0 rings (SSSR count). The van der Waals surface area contributed by atoms with Crippen LogP contribution in [0, 0.1) is 0 Å². The van der Waals surface area contributed by atoms with Gasteiger partial charge >= 0.3 is 0 Å². The number of nitrogens with two attached hydrogens (primary N) is 1. The molecule has 5 heteroatoms. The van der Waals surface area contributed by atoms with E-state index in [4.69, 9.17) is 0 Å². The highest BCUT2D eigenvalue weighted by molar-refractivity contribution is 14.1. The van der Waals surface area contributed by atoms with Crippen LogP contribution in [0.15, 0.2) is 0 Å². The Kier molecular flexibility index (Phi) is 4.62. The van der Waals surface area contributed by atoms with Gasteiger partial charge in [0.1, 0.15) is 0 Å². The summed E-state index contributed by atoms with van der Waals surface area (Å²) in [6.07, 6.45) is 0. The zero-order valence-corrected chi connectivity index (χ0v) is 5.54. The molecule has 0 saturated heterocycles. The first-order valence-electron chi connectivity index (χ1n) is 1.44. The number of rotatable bonds is 3. The van der Waals surface area contributed by atoms with Crippen LogP contribution in [0.25, 0.3) is 0 Å². The Balaban J connectivity index is 2.82. The molecule has 0 radical (unpaired) electrons. The molecule has 0 atom stereocenters.